The van der Waals surface area contributed by atoms with Gasteiger partial charge in [-0.3, -0.25) is 4.79 Å². The molecule has 5 N–H and O–H groups in total. The third-order valence-corrected chi connectivity index (χ3v) is 15.9. The third-order valence-electron chi connectivity index (χ3n) is 15.3. The Balaban J connectivity index is 1.45. The Morgan fingerprint density at radius 1 is 1.00 bits per heavy atom. The molecular formula is C50H83BrFN5O12. The Kier molecular flexibility index (Phi) is 20.2. The summed E-state index contributed by atoms with van der Waals surface area (Å²) >= 11 is 3.45. The van der Waals surface area contributed by atoms with Gasteiger partial charge in [0.15, 0.2) is 12.6 Å². The number of alkyl halides is 1. The fourth-order valence-corrected chi connectivity index (χ4v) is 11.1. The molecule has 3 aliphatic heterocycles. The van der Waals surface area contributed by atoms with E-state index in [2.05, 4.69) is 26.2 Å². The average Bonchev–Trinajstić information content (AvgIpc) is 3.77. The summed E-state index contributed by atoms with van der Waals surface area (Å²) in [6.45, 7) is 17.7. The van der Waals surface area contributed by atoms with E-state index in [-0.39, 0.29) is 31.3 Å². The summed E-state index contributed by atoms with van der Waals surface area (Å²) in [6.07, 6.45) is -6.55. The van der Waals surface area contributed by atoms with Gasteiger partial charge in [0.2, 0.25) is 0 Å². The van der Waals surface area contributed by atoms with Crippen molar-refractivity contribution in [2.75, 3.05) is 41.0 Å². The first-order valence-corrected chi connectivity index (χ1v) is 25.5. The van der Waals surface area contributed by atoms with Crippen LogP contribution in [-0.2, 0) is 46.1 Å². The molecule has 394 valence electrons. The number of methoxy groups -OCH3 is 1. The van der Waals surface area contributed by atoms with Gasteiger partial charge in [0, 0.05) is 61.7 Å². The lowest BCUT2D eigenvalue weighted by molar-refractivity contribution is -0.318. The zero-order valence-corrected chi connectivity index (χ0v) is 44.7. The van der Waals surface area contributed by atoms with Crippen molar-refractivity contribution in [1.29, 1.82) is 0 Å². The van der Waals surface area contributed by atoms with Crippen LogP contribution in [0.15, 0.2) is 34.9 Å². The predicted molar refractivity (Wildman–Crippen MR) is 260 cm³/mol. The second-order valence-electron chi connectivity index (χ2n) is 21.3. The normalized spacial score (nSPS) is 40.8. The molecule has 2 aromatic rings. The van der Waals surface area contributed by atoms with Crippen LogP contribution in [0.4, 0.5) is 4.39 Å². The molecule has 0 saturated carbocycles. The van der Waals surface area contributed by atoms with Crippen molar-refractivity contribution in [3.8, 4) is 0 Å². The van der Waals surface area contributed by atoms with Crippen LogP contribution in [0.2, 0.25) is 0 Å². The molecule has 0 amide bonds. The van der Waals surface area contributed by atoms with Crippen LogP contribution in [0.25, 0.3) is 0 Å². The first-order chi connectivity index (χ1) is 32.3. The van der Waals surface area contributed by atoms with E-state index in [1.165, 1.54) is 14.0 Å². The number of esters is 1. The number of aliphatic hydroxyl groups is 5. The highest BCUT2D eigenvalue weighted by atomic mass is 79.9. The van der Waals surface area contributed by atoms with Gasteiger partial charge in [-0.05, 0) is 112 Å². The standard InChI is InChI=1S/C50H83BrFN5O12/c1-14-39-50(10,63)43(59)32(6)56(12)26-28(2)23-48(8,62)45(30(4)42(31(5)46(61)67-39)68-40-24-49(9,64-13)44(60)33(7)66-40)69-47-41(58)38(21-29(3)65-47)55(11)20-19-36-27-57(54-53-36)37(25-52)22-34-15-17-35(51)18-16-34/h15-18,27-33,37-45,47,58-60,62-63H,14,19-26H2,1-13H3/t28-,29-,30+,31-,32-,33+,37+,38+,39-,40+,41-,42+,43-,44+,45-,47+,48-,49-,50-/m1/s1. The van der Waals surface area contributed by atoms with Gasteiger partial charge in [0.25, 0.3) is 0 Å². The van der Waals surface area contributed by atoms with E-state index in [9.17, 15) is 34.7 Å². The molecular weight excluding hydrogens is 961 g/mol. The number of benzene rings is 1. The van der Waals surface area contributed by atoms with Crippen molar-refractivity contribution in [2.45, 2.75) is 204 Å². The molecule has 17 nitrogen and oxygen atoms in total. The molecule has 4 heterocycles. The maximum atomic E-state index is 14.5. The molecule has 0 bridgehead atoms. The summed E-state index contributed by atoms with van der Waals surface area (Å²) in [4.78, 5) is 18.4. The fraction of sp³-hybridized carbons (Fsp3) is 0.820. The Morgan fingerprint density at radius 2 is 1.67 bits per heavy atom. The first kappa shape index (κ1) is 57.7. The SMILES string of the molecule is CC[C@H]1OC(=O)[C@H](C)[C@@H](O[C@H]2C[C@@](C)(OC)[C@@H](O)[C@H](C)O2)[C@H](C)[C@@H](O[C@@H]2O[C@H](C)C[C@H](N(C)CCc3cn([C@H](CF)Cc4ccc(Br)cc4)nn3)[C@H]2O)[C@](C)(O)C[C@@H](C)CN(C)[C@H](C)[C@@H](O)[C@]1(C)O. The first-order valence-electron chi connectivity index (χ1n) is 24.7. The van der Waals surface area contributed by atoms with Crippen LogP contribution in [-0.4, -0.2) is 188 Å². The van der Waals surface area contributed by atoms with Crippen LogP contribution in [0.1, 0.15) is 112 Å². The highest BCUT2D eigenvalue weighted by Crippen LogP contribution is 2.40. The van der Waals surface area contributed by atoms with Crippen LogP contribution in [0, 0.1) is 17.8 Å². The van der Waals surface area contributed by atoms with Crippen molar-refractivity contribution < 1.29 is 63.1 Å². The summed E-state index contributed by atoms with van der Waals surface area (Å²) in [7, 11) is 5.23. The molecule has 0 unspecified atom stereocenters. The van der Waals surface area contributed by atoms with Gasteiger partial charge in [0.05, 0.1) is 53.3 Å². The Labute approximate surface area is 417 Å². The number of nitrogens with zero attached hydrogens (tertiary/aromatic N) is 5. The lowest BCUT2D eigenvalue weighted by Gasteiger charge is -2.49. The highest BCUT2D eigenvalue weighted by molar-refractivity contribution is 9.10. The molecule has 0 radical (unpaired) electrons. The number of aliphatic hydroxyl groups excluding tert-OH is 3. The number of halogens is 2. The lowest BCUT2D eigenvalue weighted by Crippen LogP contribution is -2.61. The topological polar surface area (TPSA) is 211 Å². The van der Waals surface area contributed by atoms with Gasteiger partial charge < -0.3 is 63.8 Å². The van der Waals surface area contributed by atoms with Crippen molar-refractivity contribution in [1.82, 2.24) is 24.8 Å². The number of hydrogen-bond donors (Lipinski definition) is 5. The van der Waals surface area contributed by atoms with Gasteiger partial charge in [0.1, 0.15) is 36.7 Å². The molecule has 3 saturated heterocycles. The van der Waals surface area contributed by atoms with Gasteiger partial charge in [-0.15, -0.1) is 5.10 Å². The Bertz CT molecular complexity index is 1920. The van der Waals surface area contributed by atoms with Crippen molar-refractivity contribution in [3.05, 3.63) is 46.2 Å². The molecule has 1 aromatic heterocycles. The number of cyclic esters (lactones) is 1. The van der Waals surface area contributed by atoms with Crippen LogP contribution in [0.5, 0.6) is 0 Å². The second-order valence-corrected chi connectivity index (χ2v) is 22.2. The number of hydrogen-bond acceptors (Lipinski definition) is 16. The number of aromatic nitrogens is 3. The Hall–Kier alpha value is -2.24. The second kappa shape index (κ2) is 24.2. The maximum Gasteiger partial charge on any atom is 0.311 e. The minimum atomic E-state index is -1.84. The predicted octanol–water partition coefficient (Wildman–Crippen LogP) is 4.62. The third kappa shape index (κ3) is 13.9. The van der Waals surface area contributed by atoms with E-state index in [1.54, 1.807) is 59.3 Å². The van der Waals surface area contributed by atoms with Gasteiger partial charge in [-0.25, -0.2) is 9.07 Å². The quantitative estimate of drug-likeness (QED) is 0.164. The van der Waals surface area contributed by atoms with Gasteiger partial charge in [-0.1, -0.05) is 54.0 Å². The van der Waals surface area contributed by atoms with E-state index in [0.717, 1.165) is 10.0 Å². The largest absolute Gasteiger partial charge is 0.459 e. The molecule has 0 spiro atoms. The summed E-state index contributed by atoms with van der Waals surface area (Å²) in [5.41, 5.74) is -2.90. The van der Waals surface area contributed by atoms with Crippen molar-refractivity contribution in [2.24, 2.45) is 17.8 Å². The molecule has 1 aromatic carbocycles. The van der Waals surface area contributed by atoms with Crippen LogP contribution in [0.3, 0.4) is 0 Å². The van der Waals surface area contributed by atoms with E-state index >= 15 is 0 Å². The monoisotopic (exact) mass is 1040 g/mol. The average molecular weight is 1050 g/mol. The summed E-state index contributed by atoms with van der Waals surface area (Å²) in [5, 5.41) is 68.2. The minimum absolute atomic E-state index is 0.0936. The zero-order valence-electron chi connectivity index (χ0n) is 43.1. The van der Waals surface area contributed by atoms with E-state index in [1.807, 2.05) is 62.0 Å². The van der Waals surface area contributed by atoms with Gasteiger partial charge in [-0.2, -0.15) is 0 Å². The molecule has 3 aliphatic rings. The van der Waals surface area contributed by atoms with E-state index in [0.29, 0.717) is 38.0 Å². The van der Waals surface area contributed by atoms with Crippen molar-refractivity contribution in [3.63, 3.8) is 0 Å². The number of carbonyl (C=O) groups excluding carboxylic acids is 1. The molecule has 5 rings (SSSR count). The van der Waals surface area contributed by atoms with Crippen LogP contribution >= 0.6 is 15.9 Å². The number of rotatable bonds is 14. The molecule has 19 atom stereocenters. The highest BCUT2D eigenvalue weighted by Gasteiger charge is 2.53. The van der Waals surface area contributed by atoms with E-state index < -0.39 is 115 Å². The molecule has 69 heavy (non-hydrogen) atoms. The Morgan fingerprint density at radius 3 is 2.29 bits per heavy atom. The zero-order chi connectivity index (χ0) is 51.3. The minimum Gasteiger partial charge on any atom is -0.459 e. The summed E-state index contributed by atoms with van der Waals surface area (Å²) in [6, 6.07) is 6.19. The summed E-state index contributed by atoms with van der Waals surface area (Å²) in [5.74, 6) is -2.82. The number of carbonyl (C=O) groups is 1. The lowest BCUT2D eigenvalue weighted by atomic mass is 9.77. The fourth-order valence-electron chi connectivity index (χ4n) is 10.8. The molecule has 19 heteroatoms. The van der Waals surface area contributed by atoms with Gasteiger partial charge >= 0.3 is 5.97 Å². The molecule has 0 aliphatic carbocycles. The smallest absolute Gasteiger partial charge is 0.311 e. The van der Waals surface area contributed by atoms with Crippen molar-refractivity contribution >= 4 is 21.9 Å². The number of likely N-dealkylation sites (N-methyl/N-ethyl adjacent to an activating group) is 2. The molecule has 3 fully saturated rings. The maximum absolute atomic E-state index is 14.5. The summed E-state index contributed by atoms with van der Waals surface area (Å²) < 4.78 is 55.0. The number of ether oxygens (including phenoxy) is 6. The van der Waals surface area contributed by atoms with Crippen LogP contribution < -0.4 is 0 Å². The van der Waals surface area contributed by atoms with E-state index in [4.69, 9.17) is 28.4 Å².